The monoisotopic (exact) mass is 406 g/mol. The van der Waals surface area contributed by atoms with Crippen molar-refractivity contribution in [1.82, 2.24) is 14.9 Å². The molecule has 1 aliphatic rings. The Balaban J connectivity index is 1.93. The third-order valence-electron chi connectivity index (χ3n) is 4.69. The van der Waals surface area contributed by atoms with Crippen molar-refractivity contribution in [2.45, 2.75) is 58.5 Å². The Hall–Kier alpha value is -2.35. The molecule has 162 valence electrons. The average molecular weight is 407 g/mol. The summed E-state index contributed by atoms with van der Waals surface area (Å²) >= 11 is 0. The molecule has 0 saturated carbocycles. The summed E-state index contributed by atoms with van der Waals surface area (Å²) in [5.74, 6) is 0.787. The normalized spacial score (nSPS) is 13.3. The first-order chi connectivity index (χ1) is 13.7. The van der Waals surface area contributed by atoms with Crippen molar-refractivity contribution >= 4 is 17.8 Å². The number of pyridine rings is 1. The van der Waals surface area contributed by atoms with Crippen LogP contribution in [0.1, 0.15) is 51.3 Å². The van der Waals surface area contributed by atoms with Crippen molar-refractivity contribution in [3.8, 4) is 0 Å². The Kier molecular flexibility index (Phi) is 8.25. The number of aryl methyl sites for hydroxylation is 2. The second kappa shape index (κ2) is 10.4. The summed E-state index contributed by atoms with van der Waals surface area (Å²) in [6, 6.07) is 4.19. The number of anilines is 1. The molecule has 2 amide bonds. The second-order valence-electron chi connectivity index (χ2n) is 8.24. The van der Waals surface area contributed by atoms with Gasteiger partial charge in [0, 0.05) is 38.8 Å². The third-order valence-corrected chi connectivity index (χ3v) is 4.69. The highest BCUT2D eigenvalue weighted by Crippen LogP contribution is 2.20. The second-order valence-corrected chi connectivity index (χ2v) is 8.24. The number of amides is 2. The maximum absolute atomic E-state index is 12.6. The van der Waals surface area contributed by atoms with Crippen LogP contribution in [0.3, 0.4) is 0 Å². The van der Waals surface area contributed by atoms with Crippen molar-refractivity contribution < 1.29 is 19.2 Å². The minimum absolute atomic E-state index is 0.171. The van der Waals surface area contributed by atoms with Crippen molar-refractivity contribution in [3.05, 3.63) is 23.4 Å². The molecule has 0 bridgehead atoms. The van der Waals surface area contributed by atoms with Gasteiger partial charge in [0.1, 0.15) is 11.4 Å². The zero-order chi connectivity index (χ0) is 21.4. The molecule has 1 aromatic rings. The minimum Gasteiger partial charge on any atom is -0.444 e. The minimum atomic E-state index is -0.589. The van der Waals surface area contributed by atoms with Gasteiger partial charge < -0.3 is 15.0 Å². The van der Waals surface area contributed by atoms with E-state index >= 15 is 0 Å². The molecule has 0 spiro atoms. The van der Waals surface area contributed by atoms with Gasteiger partial charge in [0.05, 0.1) is 7.11 Å². The van der Waals surface area contributed by atoms with Gasteiger partial charge in [-0.25, -0.2) is 14.8 Å². The number of fused-ring (bicyclic) bond motifs is 1. The van der Waals surface area contributed by atoms with E-state index in [-0.39, 0.29) is 18.9 Å². The zero-order valence-electron chi connectivity index (χ0n) is 18.3. The number of carbonyl (C=O) groups is 2. The van der Waals surface area contributed by atoms with Gasteiger partial charge in [-0.2, -0.15) is 0 Å². The zero-order valence-corrected chi connectivity index (χ0v) is 18.3. The fraction of sp³-hybridized carbons (Fsp3) is 0.667. The van der Waals surface area contributed by atoms with E-state index in [0.29, 0.717) is 6.54 Å². The van der Waals surface area contributed by atoms with Crippen molar-refractivity contribution in [1.29, 1.82) is 0 Å². The molecule has 0 atom stereocenters. The van der Waals surface area contributed by atoms with E-state index in [2.05, 4.69) is 17.4 Å². The van der Waals surface area contributed by atoms with Gasteiger partial charge in [0.25, 0.3) is 0 Å². The molecule has 0 aliphatic carbocycles. The Bertz CT molecular complexity index is 702. The van der Waals surface area contributed by atoms with Crippen LogP contribution in [0.15, 0.2) is 12.1 Å². The Morgan fingerprint density at radius 1 is 1.24 bits per heavy atom. The summed E-state index contributed by atoms with van der Waals surface area (Å²) < 4.78 is 5.50. The van der Waals surface area contributed by atoms with Gasteiger partial charge in [-0.1, -0.05) is 6.07 Å². The van der Waals surface area contributed by atoms with Gasteiger partial charge in [-0.15, -0.1) is 0 Å². The van der Waals surface area contributed by atoms with Crippen molar-refractivity contribution in [3.63, 3.8) is 0 Å². The highest BCUT2D eigenvalue weighted by atomic mass is 16.7. The molecule has 1 N–H and O–H groups in total. The van der Waals surface area contributed by atoms with E-state index in [9.17, 15) is 9.59 Å². The largest absolute Gasteiger partial charge is 0.444 e. The number of rotatable bonds is 8. The predicted octanol–water partition coefficient (Wildman–Crippen LogP) is 3.02. The lowest BCUT2D eigenvalue weighted by atomic mass is 10.1. The van der Waals surface area contributed by atoms with Crippen LogP contribution in [0.5, 0.6) is 0 Å². The van der Waals surface area contributed by atoms with E-state index in [1.807, 2.05) is 20.8 Å². The molecule has 0 radical (unpaired) electrons. The third kappa shape index (κ3) is 7.53. The molecule has 8 heteroatoms. The standard InChI is InChI=1S/C21H34N4O4/c1-21(2,3)29-20(27)25(15-12-18(26)24(4)28-5)14-7-9-17-11-10-16-8-6-13-22-19(16)23-17/h10-11H,6-9,12-15H2,1-5H3,(H,22,23). The first kappa shape index (κ1) is 22.9. The lowest BCUT2D eigenvalue weighted by molar-refractivity contribution is -0.168. The quantitative estimate of drug-likeness (QED) is 0.668. The maximum Gasteiger partial charge on any atom is 0.410 e. The Morgan fingerprint density at radius 3 is 2.69 bits per heavy atom. The lowest BCUT2D eigenvalue weighted by Gasteiger charge is -2.27. The van der Waals surface area contributed by atoms with Crippen LogP contribution in [-0.4, -0.2) is 66.3 Å². The average Bonchev–Trinajstić information content (AvgIpc) is 2.68. The van der Waals surface area contributed by atoms with E-state index < -0.39 is 11.7 Å². The van der Waals surface area contributed by atoms with Crippen LogP contribution in [0.4, 0.5) is 10.6 Å². The first-order valence-electron chi connectivity index (χ1n) is 10.2. The Labute approximate surface area is 173 Å². The maximum atomic E-state index is 12.6. The number of hydroxylamine groups is 2. The molecule has 8 nitrogen and oxygen atoms in total. The van der Waals surface area contributed by atoms with Crippen LogP contribution >= 0.6 is 0 Å². The molecule has 1 aliphatic heterocycles. The summed E-state index contributed by atoms with van der Waals surface area (Å²) in [5.41, 5.74) is 1.67. The Morgan fingerprint density at radius 2 is 2.00 bits per heavy atom. The molecule has 2 heterocycles. The summed E-state index contributed by atoms with van der Waals surface area (Å²) in [4.78, 5) is 35.8. The number of hydrogen-bond donors (Lipinski definition) is 1. The lowest BCUT2D eigenvalue weighted by Crippen LogP contribution is -2.40. The van der Waals surface area contributed by atoms with Gasteiger partial charge in [0.2, 0.25) is 5.91 Å². The molecule has 0 aromatic carbocycles. The van der Waals surface area contributed by atoms with Crippen LogP contribution in [0.25, 0.3) is 0 Å². The number of carbonyl (C=O) groups excluding carboxylic acids is 2. The summed E-state index contributed by atoms with van der Waals surface area (Å²) in [5, 5.41) is 4.51. The first-order valence-corrected chi connectivity index (χ1v) is 10.2. The van der Waals surface area contributed by atoms with Gasteiger partial charge in [-0.3, -0.25) is 9.63 Å². The van der Waals surface area contributed by atoms with Crippen molar-refractivity contribution in [2.75, 3.05) is 39.1 Å². The van der Waals surface area contributed by atoms with Crippen molar-refractivity contribution in [2.24, 2.45) is 0 Å². The molecule has 0 saturated heterocycles. The predicted molar refractivity (Wildman–Crippen MR) is 112 cm³/mol. The van der Waals surface area contributed by atoms with E-state index in [4.69, 9.17) is 14.6 Å². The van der Waals surface area contributed by atoms with E-state index in [0.717, 1.165) is 48.8 Å². The molecular weight excluding hydrogens is 372 g/mol. The fourth-order valence-corrected chi connectivity index (χ4v) is 3.07. The van der Waals surface area contributed by atoms with E-state index in [1.54, 1.807) is 11.9 Å². The molecule has 29 heavy (non-hydrogen) atoms. The highest BCUT2D eigenvalue weighted by molar-refractivity contribution is 5.76. The topological polar surface area (TPSA) is 84.0 Å². The van der Waals surface area contributed by atoms with Crippen LogP contribution in [0, 0.1) is 0 Å². The molecule has 2 rings (SSSR count). The van der Waals surface area contributed by atoms with Gasteiger partial charge in [-0.05, 0) is 58.1 Å². The number of nitrogens with one attached hydrogen (secondary N) is 1. The summed E-state index contributed by atoms with van der Waals surface area (Å²) in [7, 11) is 2.99. The molecule has 0 unspecified atom stereocenters. The highest BCUT2D eigenvalue weighted by Gasteiger charge is 2.23. The SMILES string of the molecule is CON(C)C(=O)CCN(CCCc1ccc2c(n1)NCCC2)C(=O)OC(C)(C)C. The van der Waals surface area contributed by atoms with Gasteiger partial charge >= 0.3 is 6.09 Å². The number of aromatic nitrogens is 1. The number of hydrogen-bond acceptors (Lipinski definition) is 6. The summed E-state index contributed by atoms with van der Waals surface area (Å²) in [6.45, 7) is 7.22. The smallest absolute Gasteiger partial charge is 0.410 e. The van der Waals surface area contributed by atoms with Crippen LogP contribution in [-0.2, 0) is 27.2 Å². The fourth-order valence-electron chi connectivity index (χ4n) is 3.07. The number of ether oxygens (including phenoxy) is 1. The molecule has 0 fully saturated rings. The molecular formula is C21H34N4O4. The van der Waals surface area contributed by atoms with Gasteiger partial charge in [0.15, 0.2) is 0 Å². The van der Waals surface area contributed by atoms with Crippen LogP contribution in [0.2, 0.25) is 0 Å². The summed E-state index contributed by atoms with van der Waals surface area (Å²) in [6.07, 6.45) is 3.44. The van der Waals surface area contributed by atoms with Crippen LogP contribution < -0.4 is 5.32 Å². The number of nitrogens with zero attached hydrogens (tertiary/aromatic N) is 3. The van der Waals surface area contributed by atoms with E-state index in [1.165, 1.54) is 12.7 Å². The molecule has 1 aromatic heterocycles.